The largest absolute Gasteiger partial charge is 0.393 e. The molecule has 96 valence electrons. The first-order chi connectivity index (χ1) is 8.02. The van der Waals surface area contributed by atoms with E-state index in [-0.39, 0.29) is 6.42 Å². The van der Waals surface area contributed by atoms with Gasteiger partial charge in [-0.1, -0.05) is 6.92 Å². The number of nitrogens with zero attached hydrogens (tertiary/aromatic N) is 2. The predicted octanol–water partition coefficient (Wildman–Crippen LogP) is 0.0964. The molecule has 0 spiro atoms. The van der Waals surface area contributed by atoms with Gasteiger partial charge in [0.25, 0.3) is 5.09 Å². The van der Waals surface area contributed by atoms with Gasteiger partial charge in [0.2, 0.25) is 5.78 Å². The van der Waals surface area contributed by atoms with E-state index >= 15 is 0 Å². The number of rotatable bonds is 5. The molecular formula is C9H14N2O6. The Labute approximate surface area is 97.5 Å². The average molecular weight is 246 g/mol. The molecule has 0 aromatic heterocycles. The molecule has 1 aliphatic heterocycles. The summed E-state index contributed by atoms with van der Waals surface area (Å²) in [4.78, 5) is 41.4. The Morgan fingerprint density at radius 2 is 2.00 bits per heavy atom. The molecule has 17 heavy (non-hydrogen) atoms. The Hall–Kier alpha value is -1.70. The first-order valence-corrected chi connectivity index (χ1v) is 5.34. The maximum atomic E-state index is 11.1. The molecule has 0 aromatic carbocycles. The van der Waals surface area contributed by atoms with Gasteiger partial charge in [-0.25, -0.2) is 4.79 Å². The zero-order valence-electron chi connectivity index (χ0n) is 9.46. The Kier molecular flexibility index (Phi) is 4.83. The molecule has 0 unspecified atom stereocenters. The molecule has 0 bridgehead atoms. The lowest BCUT2D eigenvalue weighted by molar-refractivity contribution is -0.769. The van der Waals surface area contributed by atoms with Crippen LogP contribution in [0.2, 0.25) is 0 Å². The van der Waals surface area contributed by atoms with Gasteiger partial charge in [0, 0.05) is 19.5 Å². The van der Waals surface area contributed by atoms with Crippen LogP contribution < -0.4 is 0 Å². The molecule has 1 fully saturated rings. The van der Waals surface area contributed by atoms with Gasteiger partial charge in [-0.15, -0.1) is 15.2 Å². The SMILES string of the molecule is CCC(=O)C(=O)ON1CCC(O[N+](=O)[O-])CC1. The summed E-state index contributed by atoms with van der Waals surface area (Å²) in [6.07, 6.45) is 0.393. The van der Waals surface area contributed by atoms with Crippen molar-refractivity contribution in [3.05, 3.63) is 10.1 Å². The van der Waals surface area contributed by atoms with Crippen LogP contribution in [0.1, 0.15) is 26.2 Å². The molecule has 0 radical (unpaired) electrons. The van der Waals surface area contributed by atoms with Crippen molar-refractivity contribution in [3.63, 3.8) is 0 Å². The zero-order valence-corrected chi connectivity index (χ0v) is 9.46. The molecule has 1 rings (SSSR count). The van der Waals surface area contributed by atoms with Gasteiger partial charge in [-0.3, -0.25) is 4.79 Å². The lowest BCUT2D eigenvalue weighted by Gasteiger charge is -2.28. The highest BCUT2D eigenvalue weighted by molar-refractivity contribution is 6.33. The number of ketones is 1. The number of hydrogen-bond acceptors (Lipinski definition) is 7. The summed E-state index contributed by atoms with van der Waals surface area (Å²) in [5, 5.41) is 10.6. The predicted molar refractivity (Wildman–Crippen MR) is 54.1 cm³/mol. The summed E-state index contributed by atoms with van der Waals surface area (Å²) in [7, 11) is 0. The summed E-state index contributed by atoms with van der Waals surface area (Å²) in [5.41, 5.74) is 0. The monoisotopic (exact) mass is 246 g/mol. The van der Waals surface area contributed by atoms with Crippen molar-refractivity contribution >= 4 is 11.8 Å². The summed E-state index contributed by atoms with van der Waals surface area (Å²) < 4.78 is 0. The molecule has 0 atom stereocenters. The van der Waals surface area contributed by atoms with Crippen LogP contribution in [0.3, 0.4) is 0 Å². The lowest BCUT2D eigenvalue weighted by atomic mass is 10.1. The highest BCUT2D eigenvalue weighted by atomic mass is 17.0. The fourth-order valence-electron chi connectivity index (χ4n) is 1.46. The van der Waals surface area contributed by atoms with Crippen LogP contribution in [0.25, 0.3) is 0 Å². The topological polar surface area (TPSA) is 99.0 Å². The van der Waals surface area contributed by atoms with Crippen molar-refractivity contribution < 1.29 is 24.4 Å². The summed E-state index contributed by atoms with van der Waals surface area (Å²) in [6.45, 7) is 2.21. The fraction of sp³-hybridized carbons (Fsp3) is 0.778. The van der Waals surface area contributed by atoms with E-state index < -0.39 is 22.9 Å². The molecular weight excluding hydrogens is 232 g/mol. The molecule has 8 heteroatoms. The Morgan fingerprint density at radius 3 is 2.47 bits per heavy atom. The number of carbonyl (C=O) groups excluding carboxylic acids is 2. The molecule has 1 heterocycles. The van der Waals surface area contributed by atoms with Crippen LogP contribution in [-0.4, -0.2) is 41.1 Å². The van der Waals surface area contributed by atoms with E-state index in [0.717, 1.165) is 0 Å². The number of carbonyl (C=O) groups is 2. The Balaban J connectivity index is 2.30. The number of hydroxylamine groups is 2. The first kappa shape index (κ1) is 13.4. The quantitative estimate of drug-likeness (QED) is 0.385. The van der Waals surface area contributed by atoms with E-state index in [1.165, 1.54) is 5.06 Å². The summed E-state index contributed by atoms with van der Waals surface area (Å²) in [5.74, 6) is -1.48. The molecule has 0 saturated carbocycles. The molecule has 0 amide bonds. The van der Waals surface area contributed by atoms with Crippen LogP contribution in [0.15, 0.2) is 0 Å². The van der Waals surface area contributed by atoms with E-state index in [1.807, 2.05) is 0 Å². The standard InChI is InChI=1S/C9H14N2O6/c1-2-8(12)9(13)17-10-5-3-7(4-6-10)16-11(14)15/h7H,2-6H2,1H3. The minimum absolute atomic E-state index is 0.0970. The van der Waals surface area contributed by atoms with Gasteiger partial charge in [0.05, 0.1) is 0 Å². The second-order valence-electron chi connectivity index (χ2n) is 3.61. The van der Waals surface area contributed by atoms with Gasteiger partial charge in [0.1, 0.15) is 6.10 Å². The Bertz CT molecular complexity index is 311. The third kappa shape index (κ3) is 4.35. The van der Waals surface area contributed by atoms with Crippen LogP contribution in [0.4, 0.5) is 0 Å². The van der Waals surface area contributed by atoms with Crippen molar-refractivity contribution in [1.82, 2.24) is 5.06 Å². The van der Waals surface area contributed by atoms with E-state index in [0.29, 0.717) is 25.9 Å². The van der Waals surface area contributed by atoms with Gasteiger partial charge < -0.3 is 9.68 Å². The highest BCUT2D eigenvalue weighted by Crippen LogP contribution is 2.14. The third-order valence-electron chi connectivity index (χ3n) is 2.40. The maximum Gasteiger partial charge on any atom is 0.393 e. The second-order valence-corrected chi connectivity index (χ2v) is 3.61. The van der Waals surface area contributed by atoms with E-state index in [4.69, 9.17) is 4.84 Å². The summed E-state index contributed by atoms with van der Waals surface area (Å²) in [6, 6.07) is 0. The number of Topliss-reactive ketones (excluding diaryl/α,β-unsaturated/α-hetero) is 1. The molecule has 1 saturated heterocycles. The molecule has 0 aliphatic carbocycles. The van der Waals surface area contributed by atoms with Crippen LogP contribution >= 0.6 is 0 Å². The Morgan fingerprint density at radius 1 is 1.41 bits per heavy atom. The lowest BCUT2D eigenvalue weighted by Crippen LogP contribution is -2.40. The molecule has 1 aliphatic rings. The van der Waals surface area contributed by atoms with Gasteiger partial charge in [-0.05, 0) is 12.8 Å². The van der Waals surface area contributed by atoms with Gasteiger partial charge in [0.15, 0.2) is 0 Å². The van der Waals surface area contributed by atoms with Crippen molar-refractivity contribution in [3.8, 4) is 0 Å². The average Bonchev–Trinajstić information content (AvgIpc) is 2.30. The fourth-order valence-corrected chi connectivity index (χ4v) is 1.46. The van der Waals surface area contributed by atoms with Crippen molar-refractivity contribution in [2.24, 2.45) is 0 Å². The minimum Gasteiger partial charge on any atom is -0.362 e. The number of hydrogen-bond donors (Lipinski definition) is 0. The van der Waals surface area contributed by atoms with E-state index in [2.05, 4.69) is 4.84 Å². The van der Waals surface area contributed by atoms with Crippen LogP contribution in [-0.2, 0) is 19.3 Å². The third-order valence-corrected chi connectivity index (χ3v) is 2.40. The van der Waals surface area contributed by atoms with E-state index in [1.54, 1.807) is 6.92 Å². The minimum atomic E-state index is -0.888. The zero-order chi connectivity index (χ0) is 12.8. The first-order valence-electron chi connectivity index (χ1n) is 5.34. The number of piperidine rings is 1. The van der Waals surface area contributed by atoms with Gasteiger partial charge >= 0.3 is 5.97 Å². The van der Waals surface area contributed by atoms with Gasteiger partial charge in [-0.2, -0.15) is 0 Å². The van der Waals surface area contributed by atoms with Crippen LogP contribution in [0, 0.1) is 10.1 Å². The molecule has 0 N–H and O–H groups in total. The summed E-state index contributed by atoms with van der Waals surface area (Å²) >= 11 is 0. The van der Waals surface area contributed by atoms with Crippen molar-refractivity contribution in [2.45, 2.75) is 32.3 Å². The van der Waals surface area contributed by atoms with Crippen molar-refractivity contribution in [1.29, 1.82) is 0 Å². The van der Waals surface area contributed by atoms with Crippen molar-refractivity contribution in [2.75, 3.05) is 13.1 Å². The maximum absolute atomic E-state index is 11.1. The second kappa shape index (κ2) is 6.14. The van der Waals surface area contributed by atoms with E-state index in [9.17, 15) is 19.7 Å². The highest BCUT2D eigenvalue weighted by Gasteiger charge is 2.25. The molecule has 0 aromatic rings. The normalized spacial score (nSPS) is 17.5. The van der Waals surface area contributed by atoms with Crippen LogP contribution in [0.5, 0.6) is 0 Å². The smallest absolute Gasteiger partial charge is 0.362 e. The molecule has 8 nitrogen and oxygen atoms in total.